The largest absolute Gasteiger partial charge is 0.466 e. The molecule has 0 radical (unpaired) electrons. The van der Waals surface area contributed by atoms with Crippen molar-refractivity contribution in [2.75, 3.05) is 6.61 Å². The van der Waals surface area contributed by atoms with E-state index >= 15 is 0 Å². The van der Waals surface area contributed by atoms with E-state index in [-0.39, 0.29) is 17.6 Å². The van der Waals surface area contributed by atoms with Crippen LogP contribution in [0.4, 0.5) is 0 Å². The Morgan fingerprint density at radius 2 is 1.05 bits per heavy atom. The Kier molecular flexibility index (Phi) is 14.2. The third-order valence-corrected chi connectivity index (χ3v) is 5.63. The lowest BCUT2D eigenvalue weighted by Crippen LogP contribution is -2.39. The number of carbonyl (C=O) groups excluding carboxylic acids is 1. The van der Waals surface area contributed by atoms with Crippen LogP contribution in [-0.2, 0) is 48.6 Å². The van der Waals surface area contributed by atoms with Gasteiger partial charge in [-0.05, 0) is 109 Å². The summed E-state index contributed by atoms with van der Waals surface area (Å²) in [5, 5.41) is 0. The molecule has 0 aromatic rings. The molecule has 1 heterocycles. The molecule has 1 aliphatic rings. The molecule has 1 rings (SSSR count). The zero-order chi connectivity index (χ0) is 29.2. The van der Waals surface area contributed by atoms with Gasteiger partial charge in [0.15, 0.2) is 0 Å². The van der Waals surface area contributed by atoms with Gasteiger partial charge in [-0.25, -0.2) is 19.6 Å². The fraction of sp³-hybridized carbons (Fsp3) is 0.963. The summed E-state index contributed by atoms with van der Waals surface area (Å²) in [7, 11) is 0. The van der Waals surface area contributed by atoms with Crippen molar-refractivity contribution in [1.29, 1.82) is 0 Å². The highest BCUT2D eigenvalue weighted by molar-refractivity contribution is 5.70. The minimum absolute atomic E-state index is 0.118. The smallest absolute Gasteiger partial charge is 0.311 e. The van der Waals surface area contributed by atoms with Crippen molar-refractivity contribution >= 4 is 5.97 Å². The molecule has 0 atom stereocenters. The average Bonchev–Trinajstić information content (AvgIpc) is 2.82. The van der Waals surface area contributed by atoms with E-state index in [9.17, 15) is 4.79 Å². The van der Waals surface area contributed by atoms with Gasteiger partial charge in [0.1, 0.15) is 6.42 Å². The highest BCUT2D eigenvalue weighted by Crippen LogP contribution is 2.32. The summed E-state index contributed by atoms with van der Waals surface area (Å²) >= 11 is 0. The Morgan fingerprint density at radius 1 is 0.676 bits per heavy atom. The minimum atomic E-state index is -1.34. The van der Waals surface area contributed by atoms with E-state index in [2.05, 4.69) is 0 Å². The lowest BCUT2D eigenvalue weighted by molar-refractivity contribution is -0.534. The van der Waals surface area contributed by atoms with Gasteiger partial charge in [-0.15, -0.1) is 0 Å². The summed E-state index contributed by atoms with van der Waals surface area (Å²) in [6.45, 7) is 26.7. The van der Waals surface area contributed by atoms with Crippen LogP contribution in [0.15, 0.2) is 0 Å². The quantitative estimate of drug-likeness (QED) is 0.119. The summed E-state index contributed by atoms with van der Waals surface area (Å²) in [6, 6.07) is 0. The van der Waals surface area contributed by atoms with E-state index < -0.39 is 28.7 Å². The van der Waals surface area contributed by atoms with Gasteiger partial charge in [0.05, 0.1) is 29.0 Å². The fourth-order valence-electron chi connectivity index (χ4n) is 2.19. The Balaban J connectivity index is 0.000000712. The number of rotatable bonds is 11. The van der Waals surface area contributed by atoms with Crippen LogP contribution in [0, 0.1) is 0 Å². The van der Waals surface area contributed by atoms with Crippen LogP contribution in [0.25, 0.3) is 0 Å². The monoisotopic (exact) mass is 538 g/mol. The maximum Gasteiger partial charge on any atom is 0.311 e. The van der Waals surface area contributed by atoms with E-state index in [1.165, 1.54) is 0 Å². The van der Waals surface area contributed by atoms with Crippen molar-refractivity contribution < 1.29 is 48.6 Å². The van der Waals surface area contributed by atoms with Crippen molar-refractivity contribution in [2.24, 2.45) is 0 Å². The molecule has 0 amide bonds. The molecule has 0 spiro atoms. The van der Waals surface area contributed by atoms with Crippen LogP contribution in [0.5, 0.6) is 0 Å². The fourth-order valence-corrected chi connectivity index (χ4v) is 2.19. The summed E-state index contributed by atoms with van der Waals surface area (Å²) in [6.07, 6.45) is 3.06. The van der Waals surface area contributed by atoms with Crippen LogP contribution >= 0.6 is 0 Å². The molecule has 0 unspecified atom stereocenters. The van der Waals surface area contributed by atoms with Gasteiger partial charge in [0.2, 0.25) is 11.6 Å². The molecule has 10 nitrogen and oxygen atoms in total. The molecule has 0 N–H and O–H groups in total. The lowest BCUT2D eigenvalue weighted by atomic mass is 9.94. The van der Waals surface area contributed by atoms with Crippen molar-refractivity contribution in [1.82, 2.24) is 0 Å². The second-order valence-electron chi connectivity index (χ2n) is 12.4. The van der Waals surface area contributed by atoms with Gasteiger partial charge in [-0.1, -0.05) is 13.8 Å². The van der Waals surface area contributed by atoms with Crippen molar-refractivity contribution in [3.05, 3.63) is 0 Å². The maximum atomic E-state index is 11.6. The molecule has 1 fully saturated rings. The third kappa shape index (κ3) is 16.7. The molecule has 10 heteroatoms. The molecule has 0 aromatic carbocycles. The normalized spacial score (nSPS) is 20.1. The van der Waals surface area contributed by atoms with Crippen LogP contribution in [0.1, 0.15) is 129 Å². The minimum Gasteiger partial charge on any atom is -0.466 e. The number of ether oxygens (including phenoxy) is 1. The molecule has 1 saturated heterocycles. The lowest BCUT2D eigenvalue weighted by Gasteiger charge is -2.31. The van der Waals surface area contributed by atoms with Gasteiger partial charge in [-0.3, -0.25) is 4.79 Å². The van der Waals surface area contributed by atoms with Crippen molar-refractivity contribution in [3.8, 4) is 0 Å². The second kappa shape index (κ2) is 14.5. The van der Waals surface area contributed by atoms with Gasteiger partial charge in [0.25, 0.3) is 0 Å². The van der Waals surface area contributed by atoms with Gasteiger partial charge in [0, 0.05) is 0 Å². The molecule has 0 aliphatic carbocycles. The summed E-state index contributed by atoms with van der Waals surface area (Å²) < 4.78 is 4.91. The Morgan fingerprint density at radius 3 is 1.38 bits per heavy atom. The number of esters is 1. The summed E-state index contributed by atoms with van der Waals surface area (Å²) in [5.41, 5.74) is -1.66. The van der Waals surface area contributed by atoms with Gasteiger partial charge >= 0.3 is 5.97 Å². The number of hydrogen-bond acceptors (Lipinski definition) is 10. The van der Waals surface area contributed by atoms with Crippen molar-refractivity contribution in [2.45, 2.75) is 163 Å². The number of carbonyl (C=O) groups is 1. The molecule has 37 heavy (non-hydrogen) atoms. The Labute approximate surface area is 224 Å². The van der Waals surface area contributed by atoms with Gasteiger partial charge in [-0.2, -0.15) is 19.6 Å². The SMILES string of the molecule is CCC(C)(C)OOC(C)(C)OOC(C)(C)CC.CCOC(=O)CC1(C)OOC(C)(C)CCC(C)(C)OO1. The first-order valence-electron chi connectivity index (χ1n) is 13.2. The topological polar surface area (TPSA) is 100 Å². The van der Waals surface area contributed by atoms with E-state index in [4.69, 9.17) is 43.8 Å². The standard InChI is InChI=1S/C14H26O6.C13H28O4/c1-7-16-11(15)10-14(6)19-17-12(2,3)8-9-13(4,5)18-20-14;1-9-11(3,4)14-16-13(7,8)17-15-12(5,6)10-2/h7-10H2,1-6H3;9-10H2,1-8H3. The summed E-state index contributed by atoms with van der Waals surface area (Å²) in [5.74, 6) is -2.71. The highest BCUT2D eigenvalue weighted by atomic mass is 17.3. The second-order valence-corrected chi connectivity index (χ2v) is 12.4. The maximum absolute atomic E-state index is 11.6. The van der Waals surface area contributed by atoms with Gasteiger partial charge < -0.3 is 4.74 Å². The molecular formula is C27H54O10. The van der Waals surface area contributed by atoms with E-state index in [1.54, 1.807) is 27.7 Å². The zero-order valence-corrected chi connectivity index (χ0v) is 25.8. The molecule has 0 bridgehead atoms. The Hall–Kier alpha value is -0.850. The summed E-state index contributed by atoms with van der Waals surface area (Å²) in [4.78, 5) is 54.4. The number of hydrogen-bond donors (Lipinski definition) is 0. The predicted molar refractivity (Wildman–Crippen MR) is 139 cm³/mol. The van der Waals surface area contributed by atoms with E-state index in [0.29, 0.717) is 6.61 Å². The van der Waals surface area contributed by atoms with Crippen molar-refractivity contribution in [3.63, 3.8) is 0 Å². The molecular weight excluding hydrogens is 484 g/mol. The van der Waals surface area contributed by atoms with Crippen LogP contribution in [0.3, 0.4) is 0 Å². The molecule has 222 valence electrons. The Bertz CT molecular complexity index is 628. The zero-order valence-electron chi connectivity index (χ0n) is 25.8. The van der Waals surface area contributed by atoms with Crippen LogP contribution in [0.2, 0.25) is 0 Å². The van der Waals surface area contributed by atoms with Crippen LogP contribution in [-0.4, -0.2) is 46.6 Å². The third-order valence-electron chi connectivity index (χ3n) is 5.63. The average molecular weight is 539 g/mol. The first kappa shape index (κ1) is 36.1. The van der Waals surface area contributed by atoms with E-state index in [0.717, 1.165) is 25.7 Å². The van der Waals surface area contributed by atoms with Crippen LogP contribution < -0.4 is 0 Å². The highest BCUT2D eigenvalue weighted by Gasteiger charge is 2.40. The molecule has 1 aliphatic heterocycles. The first-order valence-corrected chi connectivity index (χ1v) is 13.2. The first-order chi connectivity index (χ1) is 16.6. The molecule has 0 saturated carbocycles. The van der Waals surface area contributed by atoms with E-state index in [1.807, 2.05) is 69.2 Å². The molecule has 0 aromatic heterocycles. The predicted octanol–water partition coefficient (Wildman–Crippen LogP) is 6.90.